The Bertz CT molecular complexity index is 1120. The maximum absolute atomic E-state index is 12.5. The molecule has 2 amide bonds. The summed E-state index contributed by atoms with van der Waals surface area (Å²) in [7, 11) is 0. The summed E-state index contributed by atoms with van der Waals surface area (Å²) in [6.45, 7) is 6.53. The number of carbonyl (C=O) groups is 3. The van der Waals surface area contributed by atoms with E-state index in [1.165, 1.54) is 25.2 Å². The van der Waals surface area contributed by atoms with Gasteiger partial charge in [-0.15, -0.1) is 11.3 Å². The molecule has 2 N–H and O–H groups in total. The van der Waals surface area contributed by atoms with Gasteiger partial charge in [0.2, 0.25) is 5.91 Å². The van der Waals surface area contributed by atoms with E-state index in [4.69, 9.17) is 4.74 Å². The quantitative estimate of drug-likeness (QED) is 0.487. The fraction of sp³-hybridized carbons (Fsp3) is 0.250. The second-order valence-electron chi connectivity index (χ2n) is 7.42. The Morgan fingerprint density at radius 3 is 2.41 bits per heavy atom. The number of nitrogens with one attached hydrogen (secondary N) is 2. The third-order valence-electron chi connectivity index (χ3n) is 4.78. The van der Waals surface area contributed by atoms with E-state index in [0.29, 0.717) is 16.4 Å². The highest BCUT2D eigenvalue weighted by Gasteiger charge is 2.17. The van der Waals surface area contributed by atoms with Gasteiger partial charge in [-0.2, -0.15) is 0 Å². The predicted octanol–water partition coefficient (Wildman–Crippen LogP) is 4.62. The minimum Gasteiger partial charge on any atom is -0.481 e. The van der Waals surface area contributed by atoms with Gasteiger partial charge in [-0.25, -0.2) is 4.98 Å². The van der Waals surface area contributed by atoms with Crippen LogP contribution in [0.4, 0.5) is 5.13 Å². The maximum atomic E-state index is 12.5. The van der Waals surface area contributed by atoms with Crippen molar-refractivity contribution in [2.24, 2.45) is 0 Å². The van der Waals surface area contributed by atoms with Crippen molar-refractivity contribution in [3.63, 3.8) is 0 Å². The smallest absolute Gasteiger partial charge is 0.266 e. The molecule has 0 spiro atoms. The van der Waals surface area contributed by atoms with Gasteiger partial charge < -0.3 is 10.1 Å². The van der Waals surface area contributed by atoms with Gasteiger partial charge >= 0.3 is 0 Å². The van der Waals surface area contributed by atoms with E-state index in [0.717, 1.165) is 16.8 Å². The molecule has 0 bridgehead atoms. The highest BCUT2D eigenvalue weighted by atomic mass is 32.1. The molecule has 0 fully saturated rings. The lowest BCUT2D eigenvalue weighted by Crippen LogP contribution is -2.30. The average Bonchev–Trinajstić information content (AvgIpc) is 3.22. The topological polar surface area (TPSA) is 97.4 Å². The van der Waals surface area contributed by atoms with Gasteiger partial charge in [-0.1, -0.05) is 36.4 Å². The molecule has 0 aliphatic heterocycles. The van der Waals surface area contributed by atoms with Gasteiger partial charge in [-0.3, -0.25) is 19.7 Å². The molecule has 0 aliphatic carbocycles. The van der Waals surface area contributed by atoms with Crippen molar-refractivity contribution in [1.82, 2.24) is 10.3 Å². The summed E-state index contributed by atoms with van der Waals surface area (Å²) in [5.41, 5.74) is 3.17. The van der Waals surface area contributed by atoms with Crippen molar-refractivity contribution in [1.29, 1.82) is 0 Å². The molecule has 0 radical (unpaired) electrons. The Morgan fingerprint density at radius 2 is 1.75 bits per heavy atom. The normalized spacial score (nSPS) is 12.5. The largest absolute Gasteiger partial charge is 0.481 e. The molecule has 7 nitrogen and oxygen atoms in total. The summed E-state index contributed by atoms with van der Waals surface area (Å²) in [6, 6.07) is 14.4. The van der Waals surface area contributed by atoms with E-state index in [9.17, 15) is 14.4 Å². The Morgan fingerprint density at radius 1 is 1.03 bits per heavy atom. The molecule has 3 aromatic rings. The van der Waals surface area contributed by atoms with E-state index in [1.54, 1.807) is 31.2 Å². The molecular formula is C24H25N3O4S. The zero-order valence-corrected chi connectivity index (χ0v) is 19.2. The zero-order chi connectivity index (χ0) is 23.3. The van der Waals surface area contributed by atoms with E-state index in [-0.39, 0.29) is 23.6 Å². The molecule has 2 unspecified atom stereocenters. The fourth-order valence-electron chi connectivity index (χ4n) is 3.05. The second-order valence-corrected chi connectivity index (χ2v) is 8.27. The Balaban J connectivity index is 1.62. The van der Waals surface area contributed by atoms with Crippen LogP contribution in [0, 0.1) is 0 Å². The second kappa shape index (κ2) is 10.2. The summed E-state index contributed by atoms with van der Waals surface area (Å²) in [5, 5.41) is 7.95. The summed E-state index contributed by atoms with van der Waals surface area (Å²) < 4.78 is 5.68. The number of benzene rings is 2. The molecular weight excluding hydrogens is 426 g/mol. The lowest BCUT2D eigenvalue weighted by molar-refractivity contribution is -0.122. The number of aromatic nitrogens is 1. The molecule has 8 heteroatoms. The summed E-state index contributed by atoms with van der Waals surface area (Å²) in [5.74, 6) is -0.0286. The summed E-state index contributed by atoms with van der Waals surface area (Å²) >= 11 is 1.32. The first-order valence-electron chi connectivity index (χ1n) is 10.1. The monoisotopic (exact) mass is 451 g/mol. The molecule has 0 saturated heterocycles. The highest BCUT2D eigenvalue weighted by Crippen LogP contribution is 2.26. The van der Waals surface area contributed by atoms with Crippen molar-refractivity contribution in [3.05, 3.63) is 65.0 Å². The minimum atomic E-state index is -0.765. The van der Waals surface area contributed by atoms with Crippen LogP contribution in [0.2, 0.25) is 0 Å². The number of ether oxygens (including phenoxy) is 1. The summed E-state index contributed by atoms with van der Waals surface area (Å²) in [6.07, 6.45) is -0.765. The fourth-order valence-corrected chi connectivity index (χ4v) is 3.77. The van der Waals surface area contributed by atoms with Crippen LogP contribution in [0.5, 0.6) is 5.75 Å². The molecule has 0 saturated carbocycles. The van der Waals surface area contributed by atoms with Crippen LogP contribution < -0.4 is 15.4 Å². The molecule has 0 aliphatic rings. The third kappa shape index (κ3) is 6.01. The Hall–Kier alpha value is -3.52. The minimum absolute atomic E-state index is 0.0690. The van der Waals surface area contributed by atoms with Crippen LogP contribution in [-0.4, -0.2) is 28.7 Å². The number of carbonyl (C=O) groups excluding carboxylic acids is 3. The number of hydrogen-bond acceptors (Lipinski definition) is 6. The van der Waals surface area contributed by atoms with Crippen LogP contribution in [0.1, 0.15) is 49.7 Å². The molecule has 3 rings (SSSR count). The van der Waals surface area contributed by atoms with Gasteiger partial charge in [0.15, 0.2) is 17.0 Å². The molecule has 2 aromatic carbocycles. The lowest BCUT2D eigenvalue weighted by Gasteiger charge is -2.14. The number of nitrogens with zero attached hydrogens (tertiary/aromatic N) is 1. The molecule has 2 atom stereocenters. The first kappa shape index (κ1) is 23.1. The highest BCUT2D eigenvalue weighted by molar-refractivity contribution is 7.14. The van der Waals surface area contributed by atoms with Gasteiger partial charge in [0, 0.05) is 23.4 Å². The molecule has 1 aromatic heterocycles. The SMILES string of the molecule is CC(=O)NC(C)c1ccc(-c2csc(NC(=O)C(C)Oc3cccc(C(C)=O)c3)n2)cc1. The number of rotatable bonds is 8. The predicted molar refractivity (Wildman–Crippen MR) is 125 cm³/mol. The number of thiazole rings is 1. The number of ketones is 1. The molecule has 1 heterocycles. The maximum Gasteiger partial charge on any atom is 0.266 e. The van der Waals surface area contributed by atoms with Gasteiger partial charge in [0.1, 0.15) is 5.75 Å². The van der Waals surface area contributed by atoms with E-state index in [1.807, 2.05) is 36.6 Å². The first-order chi connectivity index (χ1) is 15.2. The van der Waals surface area contributed by atoms with Gasteiger partial charge in [-0.05, 0) is 38.5 Å². The van der Waals surface area contributed by atoms with Crippen LogP contribution in [0.25, 0.3) is 11.3 Å². The van der Waals surface area contributed by atoms with Gasteiger partial charge in [0.25, 0.3) is 5.91 Å². The van der Waals surface area contributed by atoms with E-state index < -0.39 is 6.10 Å². The summed E-state index contributed by atoms with van der Waals surface area (Å²) in [4.78, 5) is 39.7. The molecule has 166 valence electrons. The van der Waals surface area contributed by atoms with Gasteiger partial charge in [0.05, 0.1) is 11.7 Å². The van der Waals surface area contributed by atoms with Crippen LogP contribution in [0.15, 0.2) is 53.9 Å². The van der Waals surface area contributed by atoms with Crippen molar-refractivity contribution >= 4 is 34.1 Å². The van der Waals surface area contributed by atoms with Crippen molar-refractivity contribution in [2.45, 2.75) is 39.8 Å². The first-order valence-corrected chi connectivity index (χ1v) is 11.0. The molecule has 32 heavy (non-hydrogen) atoms. The van der Waals surface area contributed by atoms with E-state index >= 15 is 0 Å². The number of hydrogen-bond donors (Lipinski definition) is 2. The third-order valence-corrected chi connectivity index (χ3v) is 5.54. The standard InChI is InChI=1S/C24H25N3O4S/c1-14(25-17(4)29)18-8-10-19(11-9-18)22-13-32-24(26-22)27-23(30)16(3)31-21-7-5-6-20(12-21)15(2)28/h5-14,16H,1-4H3,(H,25,29)(H,26,27,30). The Labute approximate surface area is 190 Å². The average molecular weight is 452 g/mol. The van der Waals surface area contributed by atoms with Crippen LogP contribution >= 0.6 is 11.3 Å². The Kier molecular flexibility index (Phi) is 7.37. The van der Waals surface area contributed by atoms with Crippen LogP contribution in [-0.2, 0) is 9.59 Å². The van der Waals surface area contributed by atoms with Crippen molar-refractivity contribution in [2.75, 3.05) is 5.32 Å². The zero-order valence-electron chi connectivity index (χ0n) is 18.3. The van der Waals surface area contributed by atoms with Crippen LogP contribution in [0.3, 0.4) is 0 Å². The lowest BCUT2D eigenvalue weighted by atomic mass is 10.1. The number of Topliss-reactive ketones (excluding diaryl/α,β-unsaturated/α-hetero) is 1. The van der Waals surface area contributed by atoms with E-state index in [2.05, 4.69) is 15.6 Å². The van der Waals surface area contributed by atoms with Crippen molar-refractivity contribution < 1.29 is 19.1 Å². The van der Waals surface area contributed by atoms with Crippen molar-refractivity contribution in [3.8, 4) is 17.0 Å². The number of amides is 2. The number of anilines is 1.